The minimum Gasteiger partial charge on any atom is -0.372 e. The predicted molar refractivity (Wildman–Crippen MR) is 225 cm³/mol. The van der Waals surface area contributed by atoms with E-state index in [-0.39, 0.29) is 5.92 Å². The van der Waals surface area contributed by atoms with Crippen LogP contribution in [0.5, 0.6) is 0 Å². The minimum atomic E-state index is 0.259. The molecule has 0 N–H and O–H groups in total. The van der Waals surface area contributed by atoms with Gasteiger partial charge in [-0.1, -0.05) is 109 Å². The normalized spacial score (nSPS) is 18.1. The van der Waals surface area contributed by atoms with Gasteiger partial charge in [0, 0.05) is 43.5 Å². The van der Waals surface area contributed by atoms with E-state index in [0.29, 0.717) is 0 Å². The molecule has 2 fully saturated rings. The highest BCUT2D eigenvalue weighted by molar-refractivity contribution is 6.21. The minimum absolute atomic E-state index is 0.259. The summed E-state index contributed by atoms with van der Waals surface area (Å²) in [6.45, 7) is 4.54. The van der Waals surface area contributed by atoms with E-state index in [0.717, 1.165) is 32.6 Å². The van der Waals surface area contributed by atoms with Gasteiger partial charge < -0.3 is 9.80 Å². The Balaban J connectivity index is 1.29. The summed E-state index contributed by atoms with van der Waals surface area (Å²) in [5.41, 5.74) is 9.62. The van der Waals surface area contributed by atoms with Gasteiger partial charge in [-0.3, -0.25) is 0 Å². The Morgan fingerprint density at radius 2 is 1.06 bits per heavy atom. The van der Waals surface area contributed by atoms with Gasteiger partial charge >= 0.3 is 0 Å². The highest BCUT2D eigenvalue weighted by Crippen LogP contribution is 2.50. The van der Waals surface area contributed by atoms with Gasteiger partial charge in [-0.15, -0.1) is 0 Å². The molecule has 0 bridgehead atoms. The molecule has 1 aliphatic carbocycles. The number of hydrogen-bond acceptors (Lipinski definition) is 2. The first-order chi connectivity index (χ1) is 25.8. The predicted octanol–water partition coefficient (Wildman–Crippen LogP) is 13.1. The molecule has 10 rings (SSSR count). The van der Waals surface area contributed by atoms with E-state index in [1.165, 1.54) is 121 Å². The molecule has 0 aromatic heterocycles. The largest absolute Gasteiger partial charge is 0.372 e. The van der Waals surface area contributed by atoms with Gasteiger partial charge in [0.1, 0.15) is 0 Å². The molecule has 0 spiro atoms. The van der Waals surface area contributed by atoms with Crippen molar-refractivity contribution in [3.05, 3.63) is 151 Å². The topological polar surface area (TPSA) is 6.48 Å². The van der Waals surface area contributed by atoms with Crippen molar-refractivity contribution in [2.24, 2.45) is 0 Å². The first-order valence-electron chi connectivity index (χ1n) is 19.7. The number of rotatable bonds is 5. The fourth-order valence-electron chi connectivity index (χ4n) is 9.60. The van der Waals surface area contributed by atoms with Crippen molar-refractivity contribution >= 4 is 60.0 Å². The van der Waals surface area contributed by atoms with Crippen molar-refractivity contribution in [1.82, 2.24) is 0 Å². The molecule has 7 aromatic rings. The zero-order valence-corrected chi connectivity index (χ0v) is 30.0. The van der Waals surface area contributed by atoms with Crippen LogP contribution in [0.1, 0.15) is 62.0 Å². The third kappa shape index (κ3) is 5.48. The Bertz CT molecular complexity index is 2520. The smallest absolute Gasteiger partial charge is 0.0372 e. The maximum atomic E-state index is 2.63. The molecule has 2 saturated heterocycles. The van der Waals surface area contributed by atoms with Gasteiger partial charge in [0.05, 0.1) is 0 Å². The van der Waals surface area contributed by atoms with Gasteiger partial charge in [-0.25, -0.2) is 0 Å². The van der Waals surface area contributed by atoms with Crippen LogP contribution in [0.2, 0.25) is 0 Å². The highest BCUT2D eigenvalue weighted by atomic mass is 15.1. The van der Waals surface area contributed by atoms with E-state index in [9.17, 15) is 0 Å². The van der Waals surface area contributed by atoms with Crippen molar-refractivity contribution < 1.29 is 0 Å². The quantitative estimate of drug-likeness (QED) is 0.168. The van der Waals surface area contributed by atoms with Crippen LogP contribution < -0.4 is 9.80 Å². The van der Waals surface area contributed by atoms with Crippen LogP contribution >= 0.6 is 0 Å². The zero-order valence-electron chi connectivity index (χ0n) is 30.0. The molecule has 0 radical (unpaired) electrons. The summed E-state index contributed by atoms with van der Waals surface area (Å²) in [7, 11) is 0. The van der Waals surface area contributed by atoms with Gasteiger partial charge in [-0.2, -0.15) is 0 Å². The lowest BCUT2D eigenvalue weighted by atomic mass is 9.76. The molecule has 256 valence electrons. The Kier molecular flexibility index (Phi) is 8.05. The molecule has 1 atom stereocenters. The van der Waals surface area contributed by atoms with E-state index in [4.69, 9.17) is 0 Å². The van der Waals surface area contributed by atoms with Crippen molar-refractivity contribution in [3.8, 4) is 11.1 Å². The van der Waals surface area contributed by atoms with Crippen LogP contribution in [0.3, 0.4) is 0 Å². The third-order valence-electron chi connectivity index (χ3n) is 12.2. The van der Waals surface area contributed by atoms with Crippen molar-refractivity contribution in [2.45, 2.75) is 50.9 Å². The van der Waals surface area contributed by atoms with Gasteiger partial charge in [0.15, 0.2) is 0 Å². The zero-order chi connectivity index (χ0) is 34.4. The standard InChI is InChI=1S/C50H46N2/c1-9-28-51(29-10-1)39-25-27-46-47(33-39)49(38-23-22-35-14-3-4-16-37(35)32-38)45-26-24-40(52-30-11-2-12-31-52)34-48(45)50(46)44-20-8-7-19-43(44)42-21-13-17-36-15-5-6-18-41(36)42/h3-8,13-18,20-27,32-34,43H,1-2,9-12,19,28-31H2. The van der Waals surface area contributed by atoms with E-state index < -0.39 is 0 Å². The van der Waals surface area contributed by atoms with Crippen LogP contribution in [0.25, 0.3) is 59.8 Å². The van der Waals surface area contributed by atoms with Crippen molar-refractivity contribution in [3.63, 3.8) is 0 Å². The number of allylic oxidation sites excluding steroid dienone is 4. The molecule has 3 aliphatic rings. The molecule has 0 saturated carbocycles. The fourth-order valence-corrected chi connectivity index (χ4v) is 9.60. The average molecular weight is 675 g/mol. The number of benzene rings is 7. The van der Waals surface area contributed by atoms with Crippen LogP contribution in [-0.2, 0) is 0 Å². The molecular weight excluding hydrogens is 629 g/mol. The summed E-state index contributed by atoms with van der Waals surface area (Å²) in [4.78, 5) is 5.25. The van der Waals surface area contributed by atoms with Crippen LogP contribution in [-0.4, -0.2) is 26.2 Å². The Morgan fingerprint density at radius 3 is 1.79 bits per heavy atom. The van der Waals surface area contributed by atoms with Crippen molar-refractivity contribution in [2.75, 3.05) is 36.0 Å². The van der Waals surface area contributed by atoms with Gasteiger partial charge in [0.2, 0.25) is 0 Å². The van der Waals surface area contributed by atoms with Crippen LogP contribution in [0.4, 0.5) is 11.4 Å². The Morgan fingerprint density at radius 1 is 0.442 bits per heavy atom. The van der Waals surface area contributed by atoms with Gasteiger partial charge in [-0.05, 0) is 146 Å². The Labute approximate surface area is 307 Å². The SMILES string of the molecule is C1=CCC(c2cccc3ccccc23)C(c2c3cc(N4CCCCC4)ccc3c(-c3ccc4ccccc4c3)c3cc(N4CCCCC4)ccc23)=C1. The van der Waals surface area contributed by atoms with E-state index in [1.54, 1.807) is 0 Å². The molecule has 7 aromatic carbocycles. The monoisotopic (exact) mass is 674 g/mol. The molecule has 2 aliphatic heterocycles. The lowest BCUT2D eigenvalue weighted by Gasteiger charge is -2.32. The number of piperidine rings is 2. The molecular formula is C50H46N2. The lowest BCUT2D eigenvalue weighted by Crippen LogP contribution is -2.29. The maximum Gasteiger partial charge on any atom is 0.0372 e. The maximum absolute atomic E-state index is 2.63. The lowest BCUT2D eigenvalue weighted by molar-refractivity contribution is 0.578. The second kappa shape index (κ2) is 13.3. The number of fused-ring (bicyclic) bond motifs is 4. The molecule has 2 heterocycles. The van der Waals surface area contributed by atoms with Gasteiger partial charge in [0.25, 0.3) is 0 Å². The Hall–Kier alpha value is -5.34. The average Bonchev–Trinajstić information content (AvgIpc) is 3.22. The summed E-state index contributed by atoms with van der Waals surface area (Å²) in [5.74, 6) is 0.259. The summed E-state index contributed by atoms with van der Waals surface area (Å²) in [6.07, 6.45) is 15.8. The summed E-state index contributed by atoms with van der Waals surface area (Å²) in [5, 5.41) is 10.7. The van der Waals surface area contributed by atoms with E-state index in [2.05, 4.69) is 149 Å². The second-order valence-corrected chi connectivity index (χ2v) is 15.3. The molecule has 2 heteroatoms. The number of nitrogens with zero attached hydrogens (tertiary/aromatic N) is 2. The summed E-state index contributed by atoms with van der Waals surface area (Å²) >= 11 is 0. The fraction of sp³-hybridized carbons (Fsp3) is 0.240. The molecule has 52 heavy (non-hydrogen) atoms. The molecule has 2 nitrogen and oxygen atoms in total. The van der Waals surface area contributed by atoms with Crippen LogP contribution in [0, 0.1) is 0 Å². The third-order valence-corrected chi connectivity index (χ3v) is 12.2. The number of hydrogen-bond donors (Lipinski definition) is 0. The first-order valence-corrected chi connectivity index (χ1v) is 19.7. The van der Waals surface area contributed by atoms with E-state index >= 15 is 0 Å². The summed E-state index contributed by atoms with van der Waals surface area (Å²) in [6, 6.07) is 46.6. The second-order valence-electron chi connectivity index (χ2n) is 15.3. The summed E-state index contributed by atoms with van der Waals surface area (Å²) < 4.78 is 0. The highest BCUT2D eigenvalue weighted by Gasteiger charge is 2.27. The molecule has 1 unspecified atom stereocenters. The molecule has 0 amide bonds. The number of anilines is 2. The van der Waals surface area contributed by atoms with Crippen molar-refractivity contribution in [1.29, 1.82) is 0 Å². The van der Waals surface area contributed by atoms with E-state index in [1.807, 2.05) is 0 Å². The first kappa shape index (κ1) is 31.4. The van der Waals surface area contributed by atoms with Crippen LogP contribution in [0.15, 0.2) is 140 Å².